The molecule has 0 saturated carbocycles. The predicted octanol–water partition coefficient (Wildman–Crippen LogP) is 3.81. The van der Waals surface area contributed by atoms with E-state index in [0.717, 1.165) is 11.3 Å². The van der Waals surface area contributed by atoms with E-state index in [1.165, 1.54) is 25.3 Å². The number of rotatable bonds is 8. The lowest BCUT2D eigenvalue weighted by molar-refractivity contribution is -0.116. The molecule has 0 aliphatic rings. The van der Waals surface area contributed by atoms with Gasteiger partial charge in [-0.15, -0.1) is 0 Å². The number of methoxy groups -OCH3 is 1. The SMILES string of the molecule is COc1cc(/C=C/C(=O)NCc2cnn(-c3ccccc3)c2)ccc1OC(F)F. The van der Waals surface area contributed by atoms with Crippen LogP contribution in [0.4, 0.5) is 8.78 Å². The lowest BCUT2D eigenvalue weighted by Gasteiger charge is -2.10. The number of nitrogens with one attached hydrogen (secondary N) is 1. The van der Waals surface area contributed by atoms with Crippen molar-refractivity contribution in [2.45, 2.75) is 13.2 Å². The Kier molecular flexibility index (Phi) is 6.57. The summed E-state index contributed by atoms with van der Waals surface area (Å²) in [6.07, 6.45) is 6.43. The highest BCUT2D eigenvalue weighted by atomic mass is 19.3. The van der Waals surface area contributed by atoms with Crippen LogP contribution in [0.5, 0.6) is 11.5 Å². The van der Waals surface area contributed by atoms with Gasteiger partial charge in [-0.3, -0.25) is 4.79 Å². The molecule has 1 aromatic heterocycles. The molecule has 0 aliphatic heterocycles. The Morgan fingerprint density at radius 3 is 2.72 bits per heavy atom. The Bertz CT molecular complexity index is 988. The molecule has 1 amide bonds. The second kappa shape index (κ2) is 9.50. The van der Waals surface area contributed by atoms with Crippen LogP contribution >= 0.6 is 0 Å². The third-order valence-electron chi connectivity index (χ3n) is 3.95. The Morgan fingerprint density at radius 2 is 2.00 bits per heavy atom. The maximum Gasteiger partial charge on any atom is 0.387 e. The minimum atomic E-state index is -2.94. The van der Waals surface area contributed by atoms with Crippen molar-refractivity contribution >= 4 is 12.0 Å². The lowest BCUT2D eigenvalue weighted by atomic mass is 10.2. The van der Waals surface area contributed by atoms with E-state index < -0.39 is 6.61 Å². The first kappa shape index (κ1) is 20.1. The van der Waals surface area contributed by atoms with Gasteiger partial charge in [-0.1, -0.05) is 24.3 Å². The molecule has 29 heavy (non-hydrogen) atoms. The van der Waals surface area contributed by atoms with Crippen LogP contribution in [0.15, 0.2) is 67.0 Å². The molecule has 8 heteroatoms. The number of amides is 1. The molecular formula is C21H19F2N3O3. The number of aromatic nitrogens is 2. The highest BCUT2D eigenvalue weighted by molar-refractivity contribution is 5.91. The first-order valence-corrected chi connectivity index (χ1v) is 8.73. The molecule has 2 aromatic carbocycles. The van der Waals surface area contributed by atoms with E-state index in [1.54, 1.807) is 23.0 Å². The summed E-state index contributed by atoms with van der Waals surface area (Å²) in [7, 11) is 1.35. The van der Waals surface area contributed by atoms with E-state index in [2.05, 4.69) is 15.2 Å². The molecule has 0 unspecified atom stereocenters. The third kappa shape index (κ3) is 5.65. The number of carbonyl (C=O) groups excluding carboxylic acids is 1. The molecule has 0 spiro atoms. The fourth-order valence-electron chi connectivity index (χ4n) is 2.57. The predicted molar refractivity (Wildman–Crippen MR) is 104 cm³/mol. The van der Waals surface area contributed by atoms with E-state index in [-0.39, 0.29) is 17.4 Å². The molecule has 0 atom stereocenters. The van der Waals surface area contributed by atoms with Crippen molar-refractivity contribution in [1.29, 1.82) is 0 Å². The van der Waals surface area contributed by atoms with Crippen molar-refractivity contribution in [3.05, 3.63) is 78.1 Å². The van der Waals surface area contributed by atoms with Gasteiger partial charge < -0.3 is 14.8 Å². The van der Waals surface area contributed by atoms with E-state index in [1.807, 2.05) is 36.5 Å². The Labute approximate surface area is 166 Å². The van der Waals surface area contributed by atoms with Gasteiger partial charge in [0.25, 0.3) is 0 Å². The average molecular weight is 399 g/mol. The summed E-state index contributed by atoms with van der Waals surface area (Å²) in [5, 5.41) is 7.04. The monoisotopic (exact) mass is 399 g/mol. The summed E-state index contributed by atoms with van der Waals surface area (Å²) < 4.78 is 35.9. The second-order valence-corrected chi connectivity index (χ2v) is 5.97. The van der Waals surface area contributed by atoms with E-state index in [9.17, 15) is 13.6 Å². The van der Waals surface area contributed by atoms with Gasteiger partial charge in [0.1, 0.15) is 0 Å². The van der Waals surface area contributed by atoms with Gasteiger partial charge in [-0.2, -0.15) is 13.9 Å². The minimum absolute atomic E-state index is 0.0699. The number of halogens is 2. The maximum atomic E-state index is 12.4. The van der Waals surface area contributed by atoms with Crippen LogP contribution in [-0.2, 0) is 11.3 Å². The molecule has 0 saturated heterocycles. The molecule has 0 fully saturated rings. The quantitative estimate of drug-likeness (QED) is 0.585. The molecule has 0 bridgehead atoms. The number of hydrogen-bond donors (Lipinski definition) is 1. The second-order valence-electron chi connectivity index (χ2n) is 5.97. The van der Waals surface area contributed by atoms with Crippen molar-refractivity contribution < 1.29 is 23.0 Å². The van der Waals surface area contributed by atoms with Crippen LogP contribution < -0.4 is 14.8 Å². The zero-order chi connectivity index (χ0) is 20.6. The molecule has 3 rings (SSSR count). The van der Waals surface area contributed by atoms with Crippen LogP contribution in [0.1, 0.15) is 11.1 Å². The smallest absolute Gasteiger partial charge is 0.387 e. The molecule has 1 heterocycles. The molecule has 0 aliphatic carbocycles. The normalized spacial score (nSPS) is 11.0. The van der Waals surface area contributed by atoms with Crippen LogP contribution in [-0.4, -0.2) is 29.4 Å². The van der Waals surface area contributed by atoms with Crippen LogP contribution in [0.2, 0.25) is 0 Å². The van der Waals surface area contributed by atoms with Gasteiger partial charge in [-0.05, 0) is 35.9 Å². The summed E-state index contributed by atoms with van der Waals surface area (Å²) in [6, 6.07) is 14.1. The number of alkyl halides is 2. The molecule has 0 radical (unpaired) electrons. The van der Waals surface area contributed by atoms with Crippen molar-refractivity contribution in [3.8, 4) is 17.2 Å². The van der Waals surface area contributed by atoms with Gasteiger partial charge in [0.2, 0.25) is 5.91 Å². The topological polar surface area (TPSA) is 65.4 Å². The van der Waals surface area contributed by atoms with Crippen LogP contribution in [0.3, 0.4) is 0 Å². The van der Waals surface area contributed by atoms with E-state index in [0.29, 0.717) is 12.1 Å². The summed E-state index contributed by atoms with van der Waals surface area (Å²) >= 11 is 0. The van der Waals surface area contributed by atoms with Gasteiger partial charge in [0, 0.05) is 24.4 Å². The summed E-state index contributed by atoms with van der Waals surface area (Å²) in [5.74, 6) is -0.218. The summed E-state index contributed by atoms with van der Waals surface area (Å²) in [5.41, 5.74) is 2.39. The molecule has 3 aromatic rings. The van der Waals surface area contributed by atoms with Gasteiger partial charge in [0.05, 0.1) is 19.0 Å². The fraction of sp³-hybridized carbons (Fsp3) is 0.143. The Morgan fingerprint density at radius 1 is 1.21 bits per heavy atom. The summed E-state index contributed by atoms with van der Waals surface area (Å²) in [4.78, 5) is 12.1. The fourth-order valence-corrected chi connectivity index (χ4v) is 2.57. The van der Waals surface area contributed by atoms with Crippen LogP contribution in [0, 0.1) is 0 Å². The Hall–Kier alpha value is -3.68. The summed E-state index contributed by atoms with van der Waals surface area (Å²) in [6.45, 7) is -2.62. The van der Waals surface area contributed by atoms with Crippen molar-refractivity contribution in [2.75, 3.05) is 7.11 Å². The van der Waals surface area contributed by atoms with Gasteiger partial charge in [0.15, 0.2) is 11.5 Å². The standard InChI is InChI=1S/C21H19F2N3O3/c1-28-19-11-15(7-9-18(19)29-21(22)23)8-10-20(27)24-12-16-13-25-26(14-16)17-5-3-2-4-6-17/h2-11,13-14,21H,12H2,1H3,(H,24,27)/b10-8+. The number of para-hydroxylation sites is 1. The maximum absolute atomic E-state index is 12.4. The molecule has 6 nitrogen and oxygen atoms in total. The molecular weight excluding hydrogens is 380 g/mol. The first-order valence-electron chi connectivity index (χ1n) is 8.73. The van der Waals surface area contributed by atoms with Gasteiger partial charge >= 0.3 is 6.61 Å². The highest BCUT2D eigenvalue weighted by Gasteiger charge is 2.10. The Balaban J connectivity index is 1.57. The van der Waals surface area contributed by atoms with Crippen molar-refractivity contribution in [2.24, 2.45) is 0 Å². The largest absolute Gasteiger partial charge is 0.493 e. The molecule has 1 N–H and O–H groups in total. The van der Waals surface area contributed by atoms with Crippen LogP contribution in [0.25, 0.3) is 11.8 Å². The number of ether oxygens (including phenoxy) is 2. The van der Waals surface area contributed by atoms with Crippen molar-refractivity contribution in [3.63, 3.8) is 0 Å². The third-order valence-corrected chi connectivity index (χ3v) is 3.95. The highest BCUT2D eigenvalue weighted by Crippen LogP contribution is 2.29. The zero-order valence-electron chi connectivity index (χ0n) is 15.6. The number of benzene rings is 2. The zero-order valence-corrected chi connectivity index (χ0v) is 15.6. The number of nitrogens with zero attached hydrogens (tertiary/aromatic N) is 2. The first-order chi connectivity index (χ1) is 14.0. The lowest BCUT2D eigenvalue weighted by Crippen LogP contribution is -2.19. The van der Waals surface area contributed by atoms with E-state index in [4.69, 9.17) is 4.74 Å². The number of hydrogen-bond acceptors (Lipinski definition) is 4. The minimum Gasteiger partial charge on any atom is -0.493 e. The van der Waals surface area contributed by atoms with Gasteiger partial charge in [-0.25, -0.2) is 4.68 Å². The van der Waals surface area contributed by atoms with Crippen molar-refractivity contribution in [1.82, 2.24) is 15.1 Å². The molecule has 150 valence electrons. The van der Waals surface area contributed by atoms with E-state index >= 15 is 0 Å². The number of carbonyl (C=O) groups is 1. The average Bonchev–Trinajstić information content (AvgIpc) is 3.21.